The van der Waals surface area contributed by atoms with E-state index in [0.29, 0.717) is 24.6 Å². The zero-order valence-corrected chi connectivity index (χ0v) is 15.4. The van der Waals surface area contributed by atoms with Crippen LogP contribution >= 0.6 is 0 Å². The predicted octanol–water partition coefficient (Wildman–Crippen LogP) is 0.679. The third kappa shape index (κ3) is 3.89. The summed E-state index contributed by atoms with van der Waals surface area (Å²) in [7, 11) is 0. The molecule has 0 bridgehead atoms. The van der Waals surface area contributed by atoms with Gasteiger partial charge in [0.05, 0.1) is 0 Å². The molecule has 3 aliphatic rings. The molecule has 7 heteroatoms. The van der Waals surface area contributed by atoms with E-state index in [1.54, 1.807) is 4.90 Å². The van der Waals surface area contributed by atoms with Gasteiger partial charge in [0, 0.05) is 31.1 Å². The smallest absolute Gasteiger partial charge is 0.255 e. The van der Waals surface area contributed by atoms with Crippen LogP contribution in [0, 0.1) is 0 Å². The lowest BCUT2D eigenvalue weighted by atomic mass is 10.0. The average molecular weight is 370 g/mol. The van der Waals surface area contributed by atoms with E-state index in [9.17, 15) is 14.4 Å². The summed E-state index contributed by atoms with van der Waals surface area (Å²) < 4.78 is 0. The Hall–Kier alpha value is -2.25. The van der Waals surface area contributed by atoms with Gasteiger partial charge >= 0.3 is 0 Å². The highest BCUT2D eigenvalue weighted by Crippen LogP contribution is 2.28. The van der Waals surface area contributed by atoms with Gasteiger partial charge in [-0.2, -0.15) is 0 Å². The number of nitrogens with one attached hydrogen (secondary N) is 3. The molecule has 0 saturated carbocycles. The first-order valence-corrected chi connectivity index (χ1v) is 9.82. The highest BCUT2D eigenvalue weighted by Gasteiger charge is 2.39. The highest BCUT2D eigenvalue weighted by atomic mass is 16.2. The van der Waals surface area contributed by atoms with Crippen molar-refractivity contribution >= 4 is 17.7 Å². The molecule has 4 rings (SSSR count). The first-order valence-electron chi connectivity index (χ1n) is 9.82. The summed E-state index contributed by atoms with van der Waals surface area (Å²) in [5, 5.41) is 9.28. The van der Waals surface area contributed by atoms with Crippen LogP contribution in [0.4, 0.5) is 0 Å². The van der Waals surface area contributed by atoms with Gasteiger partial charge in [0.1, 0.15) is 6.04 Å². The maximum atomic E-state index is 12.8. The summed E-state index contributed by atoms with van der Waals surface area (Å²) in [6.07, 6.45) is 4.31. The van der Waals surface area contributed by atoms with Crippen molar-refractivity contribution in [2.24, 2.45) is 0 Å². The summed E-state index contributed by atoms with van der Waals surface area (Å²) in [6.45, 7) is 3.24. The minimum atomic E-state index is -0.553. The Morgan fingerprint density at radius 1 is 1.19 bits per heavy atom. The van der Waals surface area contributed by atoms with Gasteiger partial charge in [-0.25, -0.2) is 0 Å². The van der Waals surface area contributed by atoms with E-state index < -0.39 is 6.04 Å². The van der Waals surface area contributed by atoms with Crippen molar-refractivity contribution in [2.45, 2.75) is 57.3 Å². The van der Waals surface area contributed by atoms with Gasteiger partial charge in [-0.1, -0.05) is 12.1 Å². The fourth-order valence-electron chi connectivity index (χ4n) is 4.22. The number of fused-ring (bicyclic) bond motifs is 1. The van der Waals surface area contributed by atoms with Crippen molar-refractivity contribution in [2.75, 3.05) is 13.1 Å². The van der Waals surface area contributed by atoms with Gasteiger partial charge in [0.15, 0.2) is 0 Å². The Morgan fingerprint density at radius 2 is 2.07 bits per heavy atom. The van der Waals surface area contributed by atoms with Crippen LogP contribution < -0.4 is 16.0 Å². The van der Waals surface area contributed by atoms with Crippen LogP contribution in [0.1, 0.15) is 53.6 Å². The molecule has 27 heavy (non-hydrogen) atoms. The van der Waals surface area contributed by atoms with Crippen LogP contribution in [0.5, 0.6) is 0 Å². The topological polar surface area (TPSA) is 90.5 Å². The average Bonchev–Trinajstić information content (AvgIpc) is 3.28. The van der Waals surface area contributed by atoms with Gasteiger partial charge in [-0.3, -0.25) is 19.7 Å². The fraction of sp³-hybridized carbons (Fsp3) is 0.550. The van der Waals surface area contributed by atoms with Crippen molar-refractivity contribution in [1.29, 1.82) is 0 Å². The molecule has 1 aromatic carbocycles. The van der Waals surface area contributed by atoms with E-state index in [4.69, 9.17) is 0 Å². The molecule has 3 N–H and O–H groups in total. The van der Waals surface area contributed by atoms with E-state index in [2.05, 4.69) is 16.0 Å². The molecule has 3 amide bonds. The predicted molar refractivity (Wildman–Crippen MR) is 99.8 cm³/mol. The standard InChI is InChI=1S/C20H26N4O3/c25-18-6-5-17(19(26)23-18)24-12-14-4-3-13(10-16(14)20(24)27)11-21-9-7-15-2-1-8-22-15/h3-4,10,15,17,21-22H,1-2,5-9,11-12H2,(H,23,25,26)/t15-,17?/m1/s1. The Balaban J connectivity index is 1.35. The lowest BCUT2D eigenvalue weighted by molar-refractivity contribution is -0.136. The number of benzene rings is 1. The highest BCUT2D eigenvalue weighted by molar-refractivity contribution is 6.05. The van der Waals surface area contributed by atoms with E-state index in [1.807, 2.05) is 18.2 Å². The van der Waals surface area contributed by atoms with Gasteiger partial charge in [-0.15, -0.1) is 0 Å². The Morgan fingerprint density at radius 3 is 2.85 bits per heavy atom. The van der Waals surface area contributed by atoms with E-state index in [0.717, 1.165) is 37.2 Å². The molecule has 3 heterocycles. The van der Waals surface area contributed by atoms with Crippen molar-refractivity contribution in [3.05, 3.63) is 34.9 Å². The second-order valence-corrected chi connectivity index (χ2v) is 7.65. The van der Waals surface area contributed by atoms with Crippen molar-refractivity contribution in [3.63, 3.8) is 0 Å². The van der Waals surface area contributed by atoms with Crippen LogP contribution in [0.3, 0.4) is 0 Å². The second kappa shape index (κ2) is 7.78. The summed E-state index contributed by atoms with van der Waals surface area (Å²) in [4.78, 5) is 37.8. The molecular weight excluding hydrogens is 344 g/mol. The Labute approximate surface area is 158 Å². The zero-order valence-electron chi connectivity index (χ0n) is 15.4. The van der Waals surface area contributed by atoms with Crippen molar-refractivity contribution < 1.29 is 14.4 Å². The summed E-state index contributed by atoms with van der Waals surface area (Å²) in [5.41, 5.74) is 2.70. The molecule has 0 spiro atoms. The fourth-order valence-corrected chi connectivity index (χ4v) is 4.22. The lowest BCUT2D eigenvalue weighted by Gasteiger charge is -2.29. The molecule has 2 atom stereocenters. The number of rotatable bonds is 6. The van der Waals surface area contributed by atoms with Crippen molar-refractivity contribution in [3.8, 4) is 0 Å². The Bertz CT molecular complexity index is 758. The first kappa shape index (κ1) is 18.1. The number of amides is 3. The van der Waals surface area contributed by atoms with E-state index in [-0.39, 0.29) is 24.1 Å². The van der Waals surface area contributed by atoms with Crippen LogP contribution in [0.25, 0.3) is 0 Å². The Kier molecular flexibility index (Phi) is 5.22. The molecular formula is C20H26N4O3. The molecule has 3 aliphatic heterocycles. The molecule has 0 aromatic heterocycles. The molecule has 0 aliphatic carbocycles. The second-order valence-electron chi connectivity index (χ2n) is 7.65. The van der Waals surface area contributed by atoms with E-state index in [1.165, 1.54) is 12.8 Å². The summed E-state index contributed by atoms with van der Waals surface area (Å²) >= 11 is 0. The largest absolute Gasteiger partial charge is 0.322 e. The SMILES string of the molecule is O=C1CCC(N2Cc3ccc(CNCC[C@H]4CCCN4)cc3C2=O)C(=O)N1. The number of hydrogen-bond acceptors (Lipinski definition) is 5. The van der Waals surface area contributed by atoms with E-state index >= 15 is 0 Å². The van der Waals surface area contributed by atoms with Gasteiger partial charge in [0.25, 0.3) is 5.91 Å². The minimum absolute atomic E-state index is 0.114. The van der Waals surface area contributed by atoms with Crippen molar-refractivity contribution in [1.82, 2.24) is 20.9 Å². The van der Waals surface area contributed by atoms with Crippen LogP contribution in [-0.2, 0) is 22.7 Å². The van der Waals surface area contributed by atoms with Crippen LogP contribution in [0.2, 0.25) is 0 Å². The monoisotopic (exact) mass is 370 g/mol. The lowest BCUT2D eigenvalue weighted by Crippen LogP contribution is -2.52. The number of carbonyl (C=O) groups is 3. The normalized spacial score (nSPS) is 25.0. The zero-order chi connectivity index (χ0) is 18.8. The summed E-state index contributed by atoms with van der Waals surface area (Å²) in [5.74, 6) is -0.743. The number of piperidine rings is 1. The molecule has 7 nitrogen and oxygen atoms in total. The quantitative estimate of drug-likeness (QED) is 0.506. The van der Waals surface area contributed by atoms with Gasteiger partial charge < -0.3 is 15.5 Å². The molecule has 144 valence electrons. The molecule has 2 fully saturated rings. The van der Waals surface area contributed by atoms with Gasteiger partial charge in [-0.05, 0) is 56.0 Å². The molecule has 0 radical (unpaired) electrons. The summed E-state index contributed by atoms with van der Waals surface area (Å²) in [6, 6.07) is 6.03. The number of nitrogens with zero attached hydrogens (tertiary/aromatic N) is 1. The number of hydrogen-bond donors (Lipinski definition) is 3. The maximum Gasteiger partial charge on any atom is 0.255 e. The maximum absolute atomic E-state index is 12.8. The minimum Gasteiger partial charge on any atom is -0.322 e. The first-order chi connectivity index (χ1) is 13.1. The van der Waals surface area contributed by atoms with Crippen LogP contribution in [0.15, 0.2) is 18.2 Å². The third-order valence-corrected chi connectivity index (χ3v) is 5.75. The molecule has 2 saturated heterocycles. The number of carbonyl (C=O) groups excluding carboxylic acids is 3. The third-order valence-electron chi connectivity index (χ3n) is 5.75. The number of imide groups is 1. The van der Waals surface area contributed by atoms with Gasteiger partial charge in [0.2, 0.25) is 11.8 Å². The van der Waals surface area contributed by atoms with Crippen LogP contribution in [-0.4, -0.2) is 47.8 Å². The molecule has 1 unspecified atom stereocenters. The molecule has 1 aromatic rings.